The fraction of sp³-hybridized carbons (Fsp3) is 1.00. The first-order valence-corrected chi connectivity index (χ1v) is 9.55. The monoisotopic (exact) mass is 272 g/mol. The van der Waals surface area contributed by atoms with Crippen LogP contribution >= 0.6 is 0 Å². The van der Waals surface area contributed by atoms with Crippen LogP contribution < -0.4 is 0 Å². The van der Waals surface area contributed by atoms with Gasteiger partial charge in [-0.05, 0) is 31.6 Å². The van der Waals surface area contributed by atoms with E-state index in [0.717, 1.165) is 11.7 Å². The smallest absolute Gasteiger partial charge is 0.0376 e. The Morgan fingerprint density at radius 1 is 0.944 bits per heavy atom. The van der Waals surface area contributed by atoms with Crippen LogP contribution in [0.2, 0.25) is 0 Å². The Balaban J connectivity index is 2.32. The van der Waals surface area contributed by atoms with E-state index in [0.29, 0.717) is 5.25 Å². The Morgan fingerprint density at radius 3 is 2.39 bits per heavy atom. The van der Waals surface area contributed by atoms with Crippen molar-refractivity contribution in [1.29, 1.82) is 0 Å². The molecule has 1 aliphatic carbocycles. The van der Waals surface area contributed by atoms with Crippen molar-refractivity contribution in [3.8, 4) is 0 Å². The molecule has 1 aliphatic rings. The molecule has 3 atom stereocenters. The Morgan fingerprint density at radius 2 is 1.67 bits per heavy atom. The summed E-state index contributed by atoms with van der Waals surface area (Å²) in [7, 11) is -0.543. The molecule has 1 fully saturated rings. The summed E-state index contributed by atoms with van der Waals surface area (Å²) in [5, 5.41) is 0.534. The van der Waals surface area contributed by atoms with Gasteiger partial charge in [0.1, 0.15) is 0 Å². The standard InChI is InChI=1S/C16H32OS/c1-3-5-7-10-14-18(17)16-13-9-8-12-15(16)11-6-4-2/h15-16H,3-14H2,1-2H3. The van der Waals surface area contributed by atoms with Crippen LogP contribution in [0.1, 0.15) is 84.5 Å². The third kappa shape index (κ3) is 5.86. The van der Waals surface area contributed by atoms with Crippen molar-refractivity contribution < 1.29 is 4.21 Å². The first-order chi connectivity index (χ1) is 8.79. The number of rotatable bonds is 9. The lowest BCUT2D eigenvalue weighted by Crippen LogP contribution is -2.30. The first-order valence-electron chi connectivity index (χ1n) is 8.16. The van der Waals surface area contributed by atoms with Crippen LogP contribution in [0.15, 0.2) is 0 Å². The van der Waals surface area contributed by atoms with Gasteiger partial charge in [-0.1, -0.05) is 58.8 Å². The molecule has 1 nitrogen and oxygen atoms in total. The number of hydrogen-bond donors (Lipinski definition) is 0. The van der Waals surface area contributed by atoms with Crippen molar-refractivity contribution in [3.05, 3.63) is 0 Å². The number of unbranched alkanes of at least 4 members (excludes halogenated alkanes) is 4. The molecule has 1 saturated carbocycles. The zero-order valence-electron chi connectivity index (χ0n) is 12.5. The van der Waals surface area contributed by atoms with Gasteiger partial charge < -0.3 is 0 Å². The molecular weight excluding hydrogens is 240 g/mol. The summed E-state index contributed by atoms with van der Waals surface area (Å²) in [4.78, 5) is 0. The molecule has 0 aromatic carbocycles. The predicted octanol–water partition coefficient (Wildman–Crippen LogP) is 5.06. The molecule has 0 N–H and O–H groups in total. The van der Waals surface area contributed by atoms with Crippen LogP contribution in [0.3, 0.4) is 0 Å². The highest BCUT2D eigenvalue weighted by Gasteiger charge is 2.28. The highest BCUT2D eigenvalue weighted by Crippen LogP contribution is 2.32. The Labute approximate surface area is 117 Å². The van der Waals surface area contributed by atoms with Gasteiger partial charge in [-0.25, -0.2) is 0 Å². The van der Waals surface area contributed by atoms with Gasteiger partial charge in [0.15, 0.2) is 0 Å². The minimum atomic E-state index is -0.543. The van der Waals surface area contributed by atoms with E-state index in [2.05, 4.69) is 13.8 Å². The van der Waals surface area contributed by atoms with Crippen LogP contribution in [0.4, 0.5) is 0 Å². The molecule has 18 heavy (non-hydrogen) atoms. The van der Waals surface area contributed by atoms with Gasteiger partial charge in [-0.15, -0.1) is 0 Å². The van der Waals surface area contributed by atoms with E-state index in [-0.39, 0.29) is 0 Å². The zero-order chi connectivity index (χ0) is 13.2. The van der Waals surface area contributed by atoms with E-state index in [1.807, 2.05) is 0 Å². The Bertz CT molecular complexity index is 227. The molecule has 0 amide bonds. The summed E-state index contributed by atoms with van der Waals surface area (Å²) in [5.74, 6) is 1.73. The van der Waals surface area contributed by atoms with Crippen LogP contribution in [0, 0.1) is 5.92 Å². The summed E-state index contributed by atoms with van der Waals surface area (Å²) >= 11 is 0. The van der Waals surface area contributed by atoms with Crippen LogP contribution in [-0.4, -0.2) is 15.2 Å². The average Bonchev–Trinajstić information content (AvgIpc) is 2.41. The molecule has 1 rings (SSSR count). The van der Waals surface area contributed by atoms with Crippen LogP contribution in [0.25, 0.3) is 0 Å². The third-order valence-electron chi connectivity index (χ3n) is 4.30. The molecule has 3 unspecified atom stereocenters. The molecule has 0 saturated heterocycles. The zero-order valence-corrected chi connectivity index (χ0v) is 13.3. The minimum Gasteiger partial charge on any atom is -0.259 e. The molecule has 0 spiro atoms. The largest absolute Gasteiger partial charge is 0.259 e. The molecule has 0 aromatic rings. The molecule has 0 aromatic heterocycles. The van der Waals surface area contributed by atoms with E-state index < -0.39 is 10.8 Å². The van der Waals surface area contributed by atoms with Gasteiger partial charge >= 0.3 is 0 Å². The topological polar surface area (TPSA) is 17.1 Å². The van der Waals surface area contributed by atoms with Crippen molar-refractivity contribution in [2.24, 2.45) is 5.92 Å². The molecule has 0 bridgehead atoms. The first kappa shape index (κ1) is 16.2. The van der Waals surface area contributed by atoms with Crippen LogP contribution in [0.5, 0.6) is 0 Å². The van der Waals surface area contributed by atoms with E-state index in [9.17, 15) is 4.21 Å². The summed E-state index contributed by atoms with van der Waals surface area (Å²) in [5.41, 5.74) is 0. The minimum absolute atomic E-state index is 0.534. The maximum atomic E-state index is 12.4. The van der Waals surface area contributed by atoms with Crippen molar-refractivity contribution in [3.63, 3.8) is 0 Å². The van der Waals surface area contributed by atoms with Gasteiger partial charge in [0.05, 0.1) is 0 Å². The summed E-state index contributed by atoms with van der Waals surface area (Å²) in [6, 6.07) is 0. The predicted molar refractivity (Wildman–Crippen MR) is 82.4 cm³/mol. The summed E-state index contributed by atoms with van der Waals surface area (Å²) in [6.07, 6.45) is 14.2. The van der Waals surface area contributed by atoms with Crippen molar-refractivity contribution in [2.75, 3.05) is 5.75 Å². The van der Waals surface area contributed by atoms with Gasteiger partial charge in [0, 0.05) is 21.8 Å². The van der Waals surface area contributed by atoms with Gasteiger partial charge in [0.2, 0.25) is 0 Å². The van der Waals surface area contributed by atoms with Crippen molar-refractivity contribution >= 4 is 10.8 Å². The van der Waals surface area contributed by atoms with Gasteiger partial charge in [0.25, 0.3) is 0 Å². The Hall–Kier alpha value is 0.150. The van der Waals surface area contributed by atoms with E-state index in [1.165, 1.54) is 70.6 Å². The Kier molecular flexibility index (Phi) is 9.00. The van der Waals surface area contributed by atoms with Gasteiger partial charge in [-0.3, -0.25) is 4.21 Å². The second-order valence-electron chi connectivity index (χ2n) is 5.87. The molecule has 0 aliphatic heterocycles. The second kappa shape index (κ2) is 10.00. The molecular formula is C16H32OS. The lowest BCUT2D eigenvalue weighted by molar-refractivity contribution is 0.337. The summed E-state index contributed by atoms with van der Waals surface area (Å²) < 4.78 is 12.4. The third-order valence-corrected chi connectivity index (χ3v) is 6.29. The van der Waals surface area contributed by atoms with E-state index in [1.54, 1.807) is 0 Å². The van der Waals surface area contributed by atoms with Crippen LogP contribution in [-0.2, 0) is 10.8 Å². The maximum absolute atomic E-state index is 12.4. The molecule has 0 radical (unpaired) electrons. The van der Waals surface area contributed by atoms with Crippen molar-refractivity contribution in [2.45, 2.75) is 89.7 Å². The highest BCUT2D eigenvalue weighted by molar-refractivity contribution is 7.85. The normalized spacial score (nSPS) is 26.1. The molecule has 108 valence electrons. The fourth-order valence-corrected chi connectivity index (χ4v) is 5.06. The lowest BCUT2D eigenvalue weighted by atomic mass is 9.85. The fourth-order valence-electron chi connectivity index (χ4n) is 3.14. The molecule has 2 heteroatoms. The second-order valence-corrected chi connectivity index (χ2v) is 7.65. The average molecular weight is 272 g/mol. The quantitative estimate of drug-likeness (QED) is 0.536. The van der Waals surface area contributed by atoms with E-state index >= 15 is 0 Å². The summed E-state index contributed by atoms with van der Waals surface area (Å²) in [6.45, 7) is 4.50. The van der Waals surface area contributed by atoms with E-state index in [4.69, 9.17) is 0 Å². The van der Waals surface area contributed by atoms with Crippen molar-refractivity contribution in [1.82, 2.24) is 0 Å². The van der Waals surface area contributed by atoms with Gasteiger partial charge in [-0.2, -0.15) is 0 Å². The molecule has 0 heterocycles. The maximum Gasteiger partial charge on any atom is 0.0376 e. The highest BCUT2D eigenvalue weighted by atomic mass is 32.2. The lowest BCUT2D eigenvalue weighted by Gasteiger charge is -2.31. The number of hydrogen-bond acceptors (Lipinski definition) is 1. The SMILES string of the molecule is CCCCCCS(=O)C1CCCCC1CCCC.